The van der Waals surface area contributed by atoms with Crippen LogP contribution in [0.2, 0.25) is 0 Å². The summed E-state index contributed by atoms with van der Waals surface area (Å²) >= 11 is 0. The predicted molar refractivity (Wildman–Crippen MR) is 224 cm³/mol. The van der Waals surface area contributed by atoms with Gasteiger partial charge < -0.3 is 0 Å². The zero-order chi connectivity index (χ0) is 34.4. The van der Waals surface area contributed by atoms with Gasteiger partial charge in [0.05, 0.1) is 0 Å². The smallest absolute Gasteiger partial charge is 0.00261 e. The molecule has 0 aromatic heterocycles. The molecule has 0 N–H and O–H groups in total. The Morgan fingerprint density at radius 3 is 1.38 bits per heavy atom. The summed E-state index contributed by atoms with van der Waals surface area (Å²) in [6.07, 6.45) is 0. The van der Waals surface area contributed by atoms with Gasteiger partial charge in [-0.15, -0.1) is 0 Å². The molecule has 0 radical (unpaired) electrons. The summed E-state index contributed by atoms with van der Waals surface area (Å²) in [6.45, 7) is 0. The number of fused-ring (bicyclic) bond motifs is 4. The first-order valence-corrected chi connectivity index (χ1v) is 18.0. The highest BCUT2D eigenvalue weighted by Crippen LogP contribution is 2.47. The van der Waals surface area contributed by atoms with Crippen molar-refractivity contribution < 1.29 is 0 Å². The third-order valence-electron chi connectivity index (χ3n) is 10.7. The maximum atomic E-state index is 2.45. The van der Waals surface area contributed by atoms with Crippen molar-refractivity contribution >= 4 is 43.1 Å². The molecule has 52 heavy (non-hydrogen) atoms. The molecular weight excluding hydrogens is 625 g/mol. The Morgan fingerprint density at radius 2 is 0.673 bits per heavy atom. The molecule has 0 nitrogen and oxygen atoms in total. The van der Waals surface area contributed by atoms with E-state index in [1.165, 1.54) is 98.7 Å². The fourth-order valence-electron chi connectivity index (χ4n) is 8.30. The topological polar surface area (TPSA) is 0 Å². The van der Waals surface area contributed by atoms with E-state index in [1.807, 2.05) is 0 Å². The highest BCUT2D eigenvalue weighted by atomic mass is 14.2. The Kier molecular flexibility index (Phi) is 7.25. The maximum absolute atomic E-state index is 2.45. The van der Waals surface area contributed by atoms with E-state index >= 15 is 0 Å². The van der Waals surface area contributed by atoms with E-state index in [-0.39, 0.29) is 0 Å². The molecule has 0 heterocycles. The molecule has 0 unspecified atom stereocenters. The van der Waals surface area contributed by atoms with Crippen molar-refractivity contribution in [2.75, 3.05) is 0 Å². The Morgan fingerprint density at radius 1 is 0.192 bits per heavy atom. The SMILES string of the molecule is c1ccc(-c2c3ccccc3c(-c3ccc(-c4cccc5ccccc45)c(-c4ccccc4-c4ccc5ccccc5c4)c3)c3ccccc23)cc1. The molecule has 0 saturated heterocycles. The van der Waals surface area contributed by atoms with E-state index in [0.29, 0.717) is 0 Å². The minimum absolute atomic E-state index is 1.21. The lowest BCUT2D eigenvalue weighted by Gasteiger charge is -2.21. The van der Waals surface area contributed by atoms with Crippen LogP contribution in [0.3, 0.4) is 0 Å². The van der Waals surface area contributed by atoms with Gasteiger partial charge in [-0.3, -0.25) is 0 Å². The molecule has 242 valence electrons. The first kappa shape index (κ1) is 30.1. The molecule has 0 amide bonds. The van der Waals surface area contributed by atoms with Gasteiger partial charge in [-0.1, -0.05) is 194 Å². The van der Waals surface area contributed by atoms with Crippen molar-refractivity contribution in [2.45, 2.75) is 0 Å². The second-order valence-corrected chi connectivity index (χ2v) is 13.6. The number of hydrogen-bond acceptors (Lipinski definition) is 0. The van der Waals surface area contributed by atoms with E-state index in [9.17, 15) is 0 Å². The summed E-state index contributed by atoms with van der Waals surface area (Å²) in [4.78, 5) is 0. The highest BCUT2D eigenvalue weighted by molar-refractivity contribution is 6.21. The Balaban J connectivity index is 1.29. The molecule has 0 spiro atoms. The van der Waals surface area contributed by atoms with E-state index in [2.05, 4.69) is 206 Å². The van der Waals surface area contributed by atoms with Crippen molar-refractivity contribution in [3.63, 3.8) is 0 Å². The lowest BCUT2D eigenvalue weighted by Crippen LogP contribution is -1.94. The normalized spacial score (nSPS) is 11.5. The Hall–Kier alpha value is -6.76. The van der Waals surface area contributed by atoms with Gasteiger partial charge in [-0.2, -0.15) is 0 Å². The summed E-state index contributed by atoms with van der Waals surface area (Å²) in [6, 6.07) is 75.6. The summed E-state index contributed by atoms with van der Waals surface area (Å²) in [7, 11) is 0. The molecule has 0 fully saturated rings. The summed E-state index contributed by atoms with van der Waals surface area (Å²) in [5.41, 5.74) is 12.3. The molecule has 10 aromatic carbocycles. The molecule has 0 heteroatoms. The lowest BCUT2D eigenvalue weighted by atomic mass is 9.83. The van der Waals surface area contributed by atoms with E-state index in [4.69, 9.17) is 0 Å². The molecule has 0 bridgehead atoms. The van der Waals surface area contributed by atoms with E-state index < -0.39 is 0 Å². The van der Waals surface area contributed by atoms with Gasteiger partial charge in [0.15, 0.2) is 0 Å². The zero-order valence-electron chi connectivity index (χ0n) is 28.6. The average Bonchev–Trinajstić information content (AvgIpc) is 3.22. The summed E-state index contributed by atoms with van der Waals surface area (Å²) < 4.78 is 0. The van der Waals surface area contributed by atoms with Gasteiger partial charge in [0, 0.05) is 0 Å². The van der Waals surface area contributed by atoms with Crippen LogP contribution in [0.1, 0.15) is 0 Å². The van der Waals surface area contributed by atoms with Crippen molar-refractivity contribution in [3.8, 4) is 55.6 Å². The van der Waals surface area contributed by atoms with Gasteiger partial charge in [-0.25, -0.2) is 0 Å². The molecule has 0 saturated carbocycles. The molecule has 10 rings (SSSR count). The predicted octanol–water partition coefficient (Wildman–Crippen LogP) is 14.6. The zero-order valence-corrected chi connectivity index (χ0v) is 28.6. The lowest BCUT2D eigenvalue weighted by molar-refractivity contribution is 1.57. The first-order valence-electron chi connectivity index (χ1n) is 18.0. The molecule has 0 aliphatic carbocycles. The number of rotatable bonds is 5. The monoisotopic (exact) mass is 658 g/mol. The molecular formula is C52H34. The third-order valence-corrected chi connectivity index (χ3v) is 10.7. The molecule has 0 aliphatic rings. The maximum Gasteiger partial charge on any atom is -0.00261 e. The first-order chi connectivity index (χ1) is 25.8. The van der Waals surface area contributed by atoms with Crippen LogP contribution in [0.15, 0.2) is 206 Å². The van der Waals surface area contributed by atoms with Crippen LogP contribution in [-0.2, 0) is 0 Å². The second kappa shape index (κ2) is 12.5. The van der Waals surface area contributed by atoms with Crippen LogP contribution >= 0.6 is 0 Å². The van der Waals surface area contributed by atoms with Gasteiger partial charge in [-0.05, 0) is 111 Å². The fraction of sp³-hybridized carbons (Fsp3) is 0. The van der Waals surface area contributed by atoms with Crippen LogP contribution in [0.4, 0.5) is 0 Å². The van der Waals surface area contributed by atoms with Gasteiger partial charge >= 0.3 is 0 Å². The number of hydrogen-bond donors (Lipinski definition) is 0. The van der Waals surface area contributed by atoms with Crippen LogP contribution in [-0.4, -0.2) is 0 Å². The minimum Gasteiger partial charge on any atom is -0.0622 e. The summed E-state index contributed by atoms with van der Waals surface area (Å²) in [5.74, 6) is 0. The van der Waals surface area contributed by atoms with Crippen LogP contribution in [0.5, 0.6) is 0 Å². The van der Waals surface area contributed by atoms with Crippen LogP contribution in [0, 0.1) is 0 Å². The van der Waals surface area contributed by atoms with Crippen molar-refractivity contribution in [2.24, 2.45) is 0 Å². The van der Waals surface area contributed by atoms with Crippen LogP contribution < -0.4 is 0 Å². The Bertz CT molecular complexity index is 2890. The molecule has 10 aromatic rings. The third kappa shape index (κ3) is 5.00. The van der Waals surface area contributed by atoms with Crippen LogP contribution in [0.25, 0.3) is 98.7 Å². The number of benzene rings is 10. The molecule has 0 atom stereocenters. The standard InChI is InChI=1S/C52H34/c1-2-17-37(18-3-1)51-46-24-10-12-26-48(46)52(49-27-13-11-25-47(49)51)40-31-32-45(43-28-14-20-36-16-6-7-21-41(36)43)50(34-40)44-23-9-8-22-42(44)39-30-29-35-15-4-5-19-38(35)33-39/h1-34H. The minimum atomic E-state index is 1.21. The van der Waals surface area contributed by atoms with E-state index in [1.54, 1.807) is 0 Å². The van der Waals surface area contributed by atoms with Gasteiger partial charge in [0.25, 0.3) is 0 Å². The van der Waals surface area contributed by atoms with Gasteiger partial charge in [0.2, 0.25) is 0 Å². The Labute approximate surface area is 303 Å². The summed E-state index contributed by atoms with van der Waals surface area (Å²) in [5, 5.41) is 10.0. The van der Waals surface area contributed by atoms with Crippen molar-refractivity contribution in [1.82, 2.24) is 0 Å². The van der Waals surface area contributed by atoms with Crippen molar-refractivity contribution in [3.05, 3.63) is 206 Å². The van der Waals surface area contributed by atoms with Crippen molar-refractivity contribution in [1.29, 1.82) is 0 Å². The largest absolute Gasteiger partial charge is 0.0622 e. The second-order valence-electron chi connectivity index (χ2n) is 13.6. The molecule has 0 aliphatic heterocycles. The quantitative estimate of drug-likeness (QED) is 0.161. The fourth-order valence-corrected chi connectivity index (χ4v) is 8.30. The van der Waals surface area contributed by atoms with E-state index in [0.717, 1.165) is 0 Å². The van der Waals surface area contributed by atoms with Gasteiger partial charge in [0.1, 0.15) is 0 Å². The average molecular weight is 659 g/mol. The highest BCUT2D eigenvalue weighted by Gasteiger charge is 2.20.